The fraction of sp³-hybridized carbons (Fsp3) is 0.174. The van der Waals surface area contributed by atoms with E-state index < -0.39 is 11.9 Å². The van der Waals surface area contributed by atoms with Gasteiger partial charge in [0.1, 0.15) is 27.4 Å². The van der Waals surface area contributed by atoms with Gasteiger partial charge in [0.25, 0.3) is 0 Å². The molecular formula is C46H38B3BrCl2IO8. The molecule has 2 aromatic heterocycles. The van der Waals surface area contributed by atoms with Gasteiger partial charge >= 0.3 is 19.1 Å². The summed E-state index contributed by atoms with van der Waals surface area (Å²) in [7, 11) is 7.02. The standard InChI is InChI=1S/C20H13ClO3.C18H19BO3.C8H6BrClO2.B2I/c1-23-20(22)16-11-12(21)9-10-13(16)14-6-4-8-18-19(14)15-5-2-3-7-17(15)24-18;1-17(2)18(3,4)22-19(21-17)13-9-7-11-15-16(13)12-8-5-6-10-14(12)20-15;1-12-8(11)6-4-5(10)2-3-7(6)9;1-2-3/h2-11H,1H3;5-11H,1-4H3;2-4H,1H3;. The first kappa shape index (κ1) is 46.3. The van der Waals surface area contributed by atoms with Crippen molar-refractivity contribution in [1.82, 2.24) is 0 Å². The monoisotopic (exact) mass is 1030 g/mol. The number of hydrogen-bond donors (Lipinski definition) is 0. The van der Waals surface area contributed by atoms with Crippen molar-refractivity contribution in [3.63, 3.8) is 0 Å². The van der Waals surface area contributed by atoms with Crippen LogP contribution >= 0.6 is 61.5 Å². The van der Waals surface area contributed by atoms with Crippen LogP contribution in [0.3, 0.4) is 0 Å². The Labute approximate surface area is 388 Å². The molecule has 8 nitrogen and oxygen atoms in total. The molecule has 3 radical (unpaired) electrons. The molecule has 0 atom stereocenters. The maximum Gasteiger partial charge on any atom is 0.495 e. The summed E-state index contributed by atoms with van der Waals surface area (Å²) in [5.41, 5.74) is 6.23. The van der Waals surface area contributed by atoms with Gasteiger partial charge in [0.05, 0.1) is 36.5 Å². The molecule has 0 N–H and O–H groups in total. The zero-order valence-corrected chi connectivity index (χ0v) is 39.3. The summed E-state index contributed by atoms with van der Waals surface area (Å²) in [6.07, 6.45) is 0. The van der Waals surface area contributed by atoms with E-state index in [0.29, 0.717) is 25.6 Å². The van der Waals surface area contributed by atoms with Crippen LogP contribution in [0.2, 0.25) is 10.0 Å². The largest absolute Gasteiger partial charge is 0.495 e. The van der Waals surface area contributed by atoms with Gasteiger partial charge in [0, 0.05) is 43.8 Å². The first-order valence-corrected chi connectivity index (χ1v) is 21.6. The average molecular weight is 1030 g/mol. The Balaban J connectivity index is 0.000000156. The first-order chi connectivity index (χ1) is 29.1. The number of rotatable bonds is 4. The van der Waals surface area contributed by atoms with Gasteiger partial charge < -0.3 is 27.6 Å². The Morgan fingerprint density at radius 2 is 1.10 bits per heavy atom. The Morgan fingerprint density at radius 3 is 1.67 bits per heavy atom. The van der Waals surface area contributed by atoms with Crippen molar-refractivity contribution in [2.24, 2.45) is 0 Å². The minimum atomic E-state index is -0.419. The Kier molecular flexibility index (Phi) is 15.1. The van der Waals surface area contributed by atoms with E-state index in [2.05, 4.69) is 60.5 Å². The fourth-order valence-electron chi connectivity index (χ4n) is 6.76. The fourth-order valence-corrected chi connectivity index (χ4v) is 7.51. The second kappa shape index (κ2) is 19.9. The van der Waals surface area contributed by atoms with Crippen molar-refractivity contribution < 1.29 is 37.2 Å². The number of benzene rings is 6. The molecule has 15 heteroatoms. The number of ether oxygens (including phenoxy) is 2. The molecule has 1 fully saturated rings. The summed E-state index contributed by atoms with van der Waals surface area (Å²) in [6, 6.07) is 38.0. The molecule has 0 bridgehead atoms. The van der Waals surface area contributed by atoms with Crippen molar-refractivity contribution in [2.45, 2.75) is 38.9 Å². The third kappa shape index (κ3) is 10.0. The van der Waals surface area contributed by atoms with Crippen LogP contribution in [0.5, 0.6) is 0 Å². The van der Waals surface area contributed by atoms with Crippen LogP contribution in [0, 0.1) is 0 Å². The van der Waals surface area contributed by atoms with E-state index in [-0.39, 0.29) is 18.3 Å². The summed E-state index contributed by atoms with van der Waals surface area (Å²) in [5.74, 6) is -0.818. The number of carbonyl (C=O) groups excluding carboxylic acids is 2. The number of para-hydroxylation sites is 2. The lowest BCUT2D eigenvalue weighted by atomic mass is 9.76. The quantitative estimate of drug-likeness (QED) is 0.0977. The van der Waals surface area contributed by atoms with Crippen LogP contribution < -0.4 is 5.46 Å². The summed E-state index contributed by atoms with van der Waals surface area (Å²) in [6.45, 7) is 8.28. The molecule has 0 amide bonds. The van der Waals surface area contributed by atoms with Gasteiger partial charge in [-0.25, -0.2) is 9.59 Å². The molecule has 0 unspecified atom stereocenters. The minimum absolute atomic E-state index is 0.348. The van der Waals surface area contributed by atoms with Crippen molar-refractivity contribution >= 4 is 143 Å². The molecular weight excluding hydrogens is 991 g/mol. The highest BCUT2D eigenvalue weighted by Gasteiger charge is 2.52. The van der Waals surface area contributed by atoms with E-state index in [4.69, 9.17) is 53.8 Å². The van der Waals surface area contributed by atoms with Gasteiger partial charge in [-0.2, -0.15) is 22.4 Å². The number of halogens is 4. The van der Waals surface area contributed by atoms with Crippen molar-refractivity contribution in [3.8, 4) is 11.1 Å². The number of esters is 2. The second-order valence-electron chi connectivity index (χ2n) is 14.6. The number of carbonyl (C=O) groups is 2. The van der Waals surface area contributed by atoms with Crippen molar-refractivity contribution in [3.05, 3.63) is 147 Å². The molecule has 0 spiro atoms. The predicted molar refractivity (Wildman–Crippen MR) is 261 cm³/mol. The van der Waals surface area contributed by atoms with Crippen LogP contribution in [0.1, 0.15) is 48.4 Å². The van der Waals surface area contributed by atoms with Crippen LogP contribution in [-0.4, -0.2) is 57.2 Å². The summed E-state index contributed by atoms with van der Waals surface area (Å²) < 4.78 is 34.4. The summed E-state index contributed by atoms with van der Waals surface area (Å²) in [5, 5.41) is 6.63. The lowest BCUT2D eigenvalue weighted by Crippen LogP contribution is -2.41. The number of methoxy groups -OCH3 is 2. The number of hydrogen-bond acceptors (Lipinski definition) is 8. The topological polar surface area (TPSA) is 97.3 Å². The first-order valence-electron chi connectivity index (χ1n) is 18.9. The minimum Gasteiger partial charge on any atom is -0.465 e. The molecule has 8 aromatic rings. The van der Waals surface area contributed by atoms with Gasteiger partial charge in [0.15, 0.2) is 0 Å². The number of furan rings is 2. The van der Waals surface area contributed by atoms with Crippen LogP contribution in [0.4, 0.5) is 0 Å². The lowest BCUT2D eigenvalue weighted by Gasteiger charge is -2.32. The summed E-state index contributed by atoms with van der Waals surface area (Å²) >= 11 is 16.9. The maximum atomic E-state index is 12.2. The van der Waals surface area contributed by atoms with E-state index in [9.17, 15) is 9.59 Å². The van der Waals surface area contributed by atoms with Gasteiger partial charge in [-0.3, -0.25) is 0 Å². The molecule has 307 valence electrons. The van der Waals surface area contributed by atoms with Gasteiger partial charge in [-0.1, -0.05) is 89.9 Å². The van der Waals surface area contributed by atoms with Crippen molar-refractivity contribution in [1.29, 1.82) is 0 Å². The molecule has 0 saturated carbocycles. The molecule has 1 aliphatic rings. The third-order valence-electron chi connectivity index (χ3n) is 10.4. The molecule has 1 saturated heterocycles. The molecule has 0 aliphatic carbocycles. The molecule has 6 aromatic carbocycles. The smallest absolute Gasteiger partial charge is 0.465 e. The van der Waals surface area contributed by atoms with Crippen molar-refractivity contribution in [2.75, 3.05) is 14.2 Å². The van der Waals surface area contributed by atoms with E-state index in [1.807, 2.05) is 101 Å². The Bertz CT molecular complexity index is 2850. The lowest BCUT2D eigenvalue weighted by molar-refractivity contribution is 0.00578. The van der Waals surface area contributed by atoms with Gasteiger partial charge in [-0.05, 0) is 115 Å². The highest BCUT2D eigenvalue weighted by atomic mass is 127. The normalized spacial score (nSPS) is 13.7. The number of fused-ring (bicyclic) bond motifs is 6. The zero-order valence-electron chi connectivity index (χ0n) is 34.1. The maximum absolute atomic E-state index is 12.2. The van der Waals surface area contributed by atoms with Crippen LogP contribution in [-0.2, 0) is 18.8 Å². The van der Waals surface area contributed by atoms with Crippen LogP contribution in [0.15, 0.2) is 135 Å². The van der Waals surface area contributed by atoms with E-state index >= 15 is 0 Å². The zero-order chi connectivity index (χ0) is 44.1. The predicted octanol–water partition coefficient (Wildman–Crippen LogP) is 12.6. The molecule has 3 heterocycles. The Hall–Kier alpha value is -4.24. The second-order valence-corrected chi connectivity index (χ2v) is 17.1. The van der Waals surface area contributed by atoms with E-state index in [0.717, 1.165) is 60.5 Å². The highest BCUT2D eigenvalue weighted by Crippen LogP contribution is 2.40. The molecule has 61 heavy (non-hydrogen) atoms. The van der Waals surface area contributed by atoms with Crippen LogP contribution in [0.25, 0.3) is 55.0 Å². The van der Waals surface area contributed by atoms with Gasteiger partial charge in [-0.15, -0.1) is 0 Å². The van der Waals surface area contributed by atoms with E-state index in [1.165, 1.54) is 19.2 Å². The summed E-state index contributed by atoms with van der Waals surface area (Å²) in [4.78, 5) is 23.3. The SMILES string of the molecule is CC1(C)OB(c2cccc3oc4ccccc4c23)OC1(C)C.COC(=O)c1cc(Cl)ccc1-c1cccc2oc3ccccc3c12.COC(=O)c1cc(Cl)ccc1Br.[B][B]I. The molecule has 1 aliphatic heterocycles. The van der Waals surface area contributed by atoms with Gasteiger partial charge in [0.2, 0.25) is 0 Å². The molecule has 9 rings (SSSR count). The Morgan fingerprint density at radius 1 is 0.639 bits per heavy atom. The van der Waals surface area contributed by atoms with E-state index in [1.54, 1.807) is 30.3 Å². The average Bonchev–Trinajstić information content (AvgIpc) is 3.89. The highest BCUT2D eigenvalue weighted by molar-refractivity contribution is 14.1. The third-order valence-corrected chi connectivity index (χ3v) is 11.5.